The lowest BCUT2D eigenvalue weighted by Crippen LogP contribution is -1.85. The quantitative estimate of drug-likeness (QED) is 0.717. The smallest absolute Gasteiger partial charge is 0.145 e. The minimum absolute atomic E-state index is 0.546. The fraction of sp³-hybridized carbons (Fsp3) is 0.364. The van der Waals surface area contributed by atoms with Crippen LogP contribution in [0.2, 0.25) is 0 Å². The van der Waals surface area contributed by atoms with E-state index in [2.05, 4.69) is 28.4 Å². The molecule has 0 aromatic carbocycles. The molecule has 0 fully saturated rings. The van der Waals surface area contributed by atoms with Crippen LogP contribution in [0.4, 0.5) is 5.82 Å². The molecule has 3 N–H and O–H groups in total. The Balaban J connectivity index is 0.000000461. The molecule has 1 aromatic rings. The van der Waals surface area contributed by atoms with Gasteiger partial charge in [0.1, 0.15) is 5.82 Å². The molecule has 0 spiro atoms. The first-order valence-electron chi connectivity index (χ1n) is 5.04. The normalized spacial score (nSPS) is 14.3. The summed E-state index contributed by atoms with van der Waals surface area (Å²) in [6, 6.07) is 1.85. The van der Waals surface area contributed by atoms with Crippen molar-refractivity contribution in [3.05, 3.63) is 30.0 Å². The van der Waals surface area contributed by atoms with Crippen LogP contribution in [0.5, 0.6) is 0 Å². The summed E-state index contributed by atoms with van der Waals surface area (Å²) in [5, 5.41) is 6.75. The summed E-state index contributed by atoms with van der Waals surface area (Å²) in [4.78, 5) is 0. The molecule has 1 aliphatic carbocycles. The molecule has 0 saturated carbocycles. The second kappa shape index (κ2) is 5.27. The summed E-state index contributed by atoms with van der Waals surface area (Å²) in [5.41, 5.74) is 7.68. The van der Waals surface area contributed by atoms with Crippen molar-refractivity contribution in [1.29, 1.82) is 0 Å². The number of allylic oxidation sites excluding steroid dienone is 4. The number of hydrogen-bond donors (Lipinski definition) is 2. The Morgan fingerprint density at radius 2 is 2.14 bits per heavy atom. The maximum absolute atomic E-state index is 5.49. The number of anilines is 1. The van der Waals surface area contributed by atoms with Gasteiger partial charge in [0.2, 0.25) is 0 Å². The number of nitrogens with two attached hydrogens (primary N) is 1. The summed E-state index contributed by atoms with van der Waals surface area (Å²) in [5.74, 6) is 0.546. The zero-order valence-electron chi connectivity index (χ0n) is 8.75. The van der Waals surface area contributed by atoms with Crippen LogP contribution < -0.4 is 5.73 Å². The van der Waals surface area contributed by atoms with Crippen LogP contribution in [-0.4, -0.2) is 10.2 Å². The molecular formula is C11H17N3. The number of aromatic nitrogens is 2. The zero-order chi connectivity index (χ0) is 10.4. The first-order valence-corrected chi connectivity index (χ1v) is 5.04. The van der Waals surface area contributed by atoms with Crippen molar-refractivity contribution < 1.29 is 0 Å². The molecule has 1 heterocycles. The van der Waals surface area contributed by atoms with Crippen LogP contribution in [0.3, 0.4) is 0 Å². The van der Waals surface area contributed by atoms with Gasteiger partial charge in [-0.25, -0.2) is 0 Å². The summed E-state index contributed by atoms with van der Waals surface area (Å²) >= 11 is 0. The maximum atomic E-state index is 5.49. The van der Waals surface area contributed by atoms with Gasteiger partial charge in [0.25, 0.3) is 0 Å². The fourth-order valence-electron chi connectivity index (χ4n) is 1.30. The van der Waals surface area contributed by atoms with Crippen molar-refractivity contribution in [2.24, 2.45) is 0 Å². The second-order valence-electron chi connectivity index (χ2n) is 2.85. The van der Waals surface area contributed by atoms with Crippen molar-refractivity contribution in [3.63, 3.8) is 0 Å². The molecule has 0 radical (unpaired) electrons. The molecule has 0 bridgehead atoms. The molecule has 1 aliphatic rings. The zero-order valence-corrected chi connectivity index (χ0v) is 8.75. The van der Waals surface area contributed by atoms with E-state index in [-0.39, 0.29) is 0 Å². The monoisotopic (exact) mass is 191 g/mol. The van der Waals surface area contributed by atoms with Gasteiger partial charge in [0.05, 0.1) is 5.69 Å². The van der Waals surface area contributed by atoms with E-state index in [1.165, 1.54) is 5.57 Å². The van der Waals surface area contributed by atoms with Gasteiger partial charge in [-0.3, -0.25) is 5.10 Å². The summed E-state index contributed by atoms with van der Waals surface area (Å²) in [6.45, 7) is 4.00. The van der Waals surface area contributed by atoms with E-state index >= 15 is 0 Å². The van der Waals surface area contributed by atoms with Crippen LogP contribution in [-0.2, 0) is 0 Å². The molecule has 2 rings (SSSR count). The van der Waals surface area contributed by atoms with E-state index < -0.39 is 0 Å². The molecule has 76 valence electrons. The maximum Gasteiger partial charge on any atom is 0.145 e. The number of aromatic amines is 1. The predicted molar refractivity (Wildman–Crippen MR) is 60.7 cm³/mol. The van der Waals surface area contributed by atoms with E-state index in [1.54, 1.807) is 0 Å². The van der Waals surface area contributed by atoms with Crippen LogP contribution >= 0.6 is 0 Å². The Morgan fingerprint density at radius 3 is 2.64 bits per heavy atom. The Labute approximate surface area is 84.7 Å². The van der Waals surface area contributed by atoms with E-state index in [4.69, 9.17) is 5.73 Å². The lowest BCUT2D eigenvalue weighted by molar-refractivity contribution is 1.03. The largest absolute Gasteiger partial charge is 0.382 e. The average Bonchev–Trinajstić information content (AvgIpc) is 2.69. The molecule has 3 heteroatoms. The fourth-order valence-corrected chi connectivity index (χ4v) is 1.30. The number of H-pyrrole nitrogens is 1. The second-order valence-corrected chi connectivity index (χ2v) is 2.85. The van der Waals surface area contributed by atoms with Crippen molar-refractivity contribution in [1.82, 2.24) is 10.2 Å². The van der Waals surface area contributed by atoms with E-state index in [9.17, 15) is 0 Å². The number of nitrogen functional groups attached to an aromatic ring is 1. The van der Waals surface area contributed by atoms with Crippen LogP contribution in [0.25, 0.3) is 5.57 Å². The molecule has 0 unspecified atom stereocenters. The lowest BCUT2D eigenvalue weighted by Gasteiger charge is -2.02. The van der Waals surface area contributed by atoms with Gasteiger partial charge in [-0.15, -0.1) is 0 Å². The highest BCUT2D eigenvalue weighted by molar-refractivity contribution is 5.73. The van der Waals surface area contributed by atoms with E-state index in [0.717, 1.165) is 18.5 Å². The Hall–Kier alpha value is -1.51. The van der Waals surface area contributed by atoms with Crippen molar-refractivity contribution in [2.45, 2.75) is 26.7 Å². The van der Waals surface area contributed by atoms with Gasteiger partial charge < -0.3 is 5.73 Å². The molecule has 3 nitrogen and oxygen atoms in total. The molecule has 1 aromatic heterocycles. The molecule has 0 aliphatic heterocycles. The number of nitrogens with zero attached hydrogens (tertiary/aromatic N) is 1. The SMILES string of the molecule is CC.Nc1cc(C2=CCCC=C2)[nH]n1. The van der Waals surface area contributed by atoms with Gasteiger partial charge in [-0.1, -0.05) is 32.1 Å². The number of hydrogen-bond acceptors (Lipinski definition) is 2. The topological polar surface area (TPSA) is 54.7 Å². The molecule has 14 heavy (non-hydrogen) atoms. The highest BCUT2D eigenvalue weighted by Crippen LogP contribution is 2.20. The standard InChI is InChI=1S/C9H11N3.C2H6/c10-9-6-8(11-12-9)7-4-2-1-3-5-7;1-2/h2,4-6H,1,3H2,(H3,10,11,12);1-2H3. The highest BCUT2D eigenvalue weighted by atomic mass is 15.2. The van der Waals surface area contributed by atoms with Crippen LogP contribution in [0, 0.1) is 0 Å². The number of rotatable bonds is 1. The van der Waals surface area contributed by atoms with E-state index in [1.807, 2.05) is 19.9 Å². The average molecular weight is 191 g/mol. The van der Waals surface area contributed by atoms with Crippen molar-refractivity contribution in [3.8, 4) is 0 Å². The Bertz CT molecular complexity index is 334. The number of nitrogens with one attached hydrogen (secondary N) is 1. The predicted octanol–water partition coefficient (Wildman–Crippen LogP) is 2.75. The van der Waals surface area contributed by atoms with Gasteiger partial charge in [-0.2, -0.15) is 5.10 Å². The van der Waals surface area contributed by atoms with Crippen LogP contribution in [0.1, 0.15) is 32.4 Å². The van der Waals surface area contributed by atoms with Crippen molar-refractivity contribution >= 4 is 11.4 Å². The van der Waals surface area contributed by atoms with Crippen molar-refractivity contribution in [2.75, 3.05) is 5.73 Å². The Kier molecular flexibility index (Phi) is 3.98. The summed E-state index contributed by atoms with van der Waals surface area (Å²) < 4.78 is 0. The molecule has 0 saturated heterocycles. The minimum atomic E-state index is 0.546. The van der Waals surface area contributed by atoms with Crippen LogP contribution in [0.15, 0.2) is 24.3 Å². The third-order valence-corrected chi connectivity index (χ3v) is 1.90. The van der Waals surface area contributed by atoms with E-state index in [0.29, 0.717) is 5.82 Å². The first-order chi connectivity index (χ1) is 6.86. The third kappa shape index (κ3) is 2.49. The van der Waals surface area contributed by atoms with Gasteiger partial charge in [0.15, 0.2) is 0 Å². The molecule has 0 amide bonds. The molecule has 0 atom stereocenters. The first kappa shape index (κ1) is 10.6. The van der Waals surface area contributed by atoms with Gasteiger partial charge in [-0.05, 0) is 18.4 Å². The van der Waals surface area contributed by atoms with Gasteiger partial charge in [0, 0.05) is 6.07 Å². The minimum Gasteiger partial charge on any atom is -0.382 e. The highest BCUT2D eigenvalue weighted by Gasteiger charge is 2.03. The third-order valence-electron chi connectivity index (χ3n) is 1.90. The Morgan fingerprint density at radius 1 is 1.36 bits per heavy atom. The molecular weight excluding hydrogens is 174 g/mol. The summed E-state index contributed by atoms with van der Waals surface area (Å²) in [7, 11) is 0. The lowest BCUT2D eigenvalue weighted by atomic mass is 10.0. The van der Waals surface area contributed by atoms with Gasteiger partial charge >= 0.3 is 0 Å². The summed E-state index contributed by atoms with van der Waals surface area (Å²) in [6.07, 6.45) is 8.67.